The van der Waals surface area contributed by atoms with E-state index in [1.165, 1.54) is 14.0 Å². The second kappa shape index (κ2) is 5.77. The molecule has 0 N–H and O–H groups in total. The lowest BCUT2D eigenvalue weighted by Crippen LogP contribution is -2.25. The molecular weight excluding hydrogens is 200 g/mol. The SMILES string of the molecule is COC(=O)C(C)C(Cl)OOC(C)=O. The van der Waals surface area contributed by atoms with Gasteiger partial charge in [-0.2, -0.15) is 4.89 Å². The van der Waals surface area contributed by atoms with Crippen molar-refractivity contribution in [1.29, 1.82) is 0 Å². The Morgan fingerprint density at radius 2 is 1.92 bits per heavy atom. The summed E-state index contributed by atoms with van der Waals surface area (Å²) < 4.78 is 4.40. The Kier molecular flexibility index (Phi) is 5.41. The number of esters is 1. The number of rotatable bonds is 4. The molecule has 0 saturated heterocycles. The Labute approximate surface area is 80.8 Å². The first-order valence-corrected chi connectivity index (χ1v) is 3.98. The fraction of sp³-hybridized carbons (Fsp3) is 0.714. The largest absolute Gasteiger partial charge is 0.469 e. The fourth-order valence-corrected chi connectivity index (χ4v) is 0.629. The van der Waals surface area contributed by atoms with Gasteiger partial charge >= 0.3 is 11.9 Å². The molecule has 0 aromatic rings. The van der Waals surface area contributed by atoms with Crippen LogP contribution in [0.4, 0.5) is 0 Å². The van der Waals surface area contributed by atoms with Gasteiger partial charge in [-0.3, -0.25) is 9.68 Å². The monoisotopic (exact) mass is 210 g/mol. The summed E-state index contributed by atoms with van der Waals surface area (Å²) in [5.74, 6) is -1.87. The third-order valence-corrected chi connectivity index (χ3v) is 1.67. The third kappa shape index (κ3) is 4.69. The van der Waals surface area contributed by atoms with Gasteiger partial charge in [0.25, 0.3) is 0 Å². The molecular formula is C7H11ClO5. The molecule has 0 aromatic heterocycles. The molecule has 2 atom stereocenters. The summed E-state index contributed by atoms with van der Waals surface area (Å²) in [6.45, 7) is 2.65. The minimum atomic E-state index is -1.05. The van der Waals surface area contributed by atoms with Crippen LogP contribution in [0.1, 0.15) is 13.8 Å². The van der Waals surface area contributed by atoms with E-state index in [-0.39, 0.29) is 0 Å². The zero-order valence-electron chi connectivity index (χ0n) is 7.57. The first-order chi connectivity index (χ1) is 5.99. The lowest BCUT2D eigenvalue weighted by molar-refractivity contribution is -0.286. The van der Waals surface area contributed by atoms with Crippen molar-refractivity contribution in [3.8, 4) is 0 Å². The Morgan fingerprint density at radius 3 is 2.31 bits per heavy atom. The number of methoxy groups -OCH3 is 1. The van der Waals surface area contributed by atoms with Crippen molar-refractivity contribution in [2.75, 3.05) is 7.11 Å². The number of alkyl halides is 1. The molecule has 0 aromatic carbocycles. The lowest BCUT2D eigenvalue weighted by atomic mass is 10.2. The molecule has 0 heterocycles. The van der Waals surface area contributed by atoms with Crippen LogP contribution in [0.25, 0.3) is 0 Å². The summed E-state index contributed by atoms with van der Waals surface area (Å²) in [6, 6.07) is 0. The number of hydrogen-bond donors (Lipinski definition) is 0. The van der Waals surface area contributed by atoms with Crippen LogP contribution in [0.2, 0.25) is 0 Å². The maximum absolute atomic E-state index is 10.9. The summed E-state index contributed by atoms with van der Waals surface area (Å²) in [7, 11) is 1.23. The van der Waals surface area contributed by atoms with Crippen LogP contribution in [-0.4, -0.2) is 24.6 Å². The van der Waals surface area contributed by atoms with E-state index in [0.717, 1.165) is 6.92 Å². The molecule has 0 bridgehead atoms. The molecule has 0 rings (SSSR count). The molecule has 76 valence electrons. The van der Waals surface area contributed by atoms with Crippen molar-refractivity contribution in [2.45, 2.75) is 19.4 Å². The maximum Gasteiger partial charge on any atom is 0.339 e. The van der Waals surface area contributed by atoms with Crippen LogP contribution in [0.15, 0.2) is 0 Å². The second-order valence-corrected chi connectivity index (χ2v) is 2.76. The third-order valence-electron chi connectivity index (χ3n) is 1.22. The molecule has 13 heavy (non-hydrogen) atoms. The molecule has 0 amide bonds. The smallest absolute Gasteiger partial charge is 0.339 e. The van der Waals surface area contributed by atoms with Crippen molar-refractivity contribution in [1.82, 2.24) is 0 Å². The van der Waals surface area contributed by atoms with Gasteiger partial charge in [-0.05, 0) is 6.92 Å². The Morgan fingerprint density at radius 1 is 1.38 bits per heavy atom. The second-order valence-electron chi connectivity index (χ2n) is 2.33. The zero-order valence-corrected chi connectivity index (χ0v) is 8.33. The Hall–Kier alpha value is -0.810. The molecule has 0 aliphatic rings. The Bertz CT molecular complexity index is 193. The lowest BCUT2D eigenvalue weighted by Gasteiger charge is -2.13. The van der Waals surface area contributed by atoms with E-state index in [9.17, 15) is 9.59 Å². The fourth-order valence-electron chi connectivity index (χ4n) is 0.490. The topological polar surface area (TPSA) is 61.8 Å². The zero-order chi connectivity index (χ0) is 10.4. The van der Waals surface area contributed by atoms with Gasteiger partial charge < -0.3 is 4.74 Å². The van der Waals surface area contributed by atoms with Crippen LogP contribution in [0.5, 0.6) is 0 Å². The van der Waals surface area contributed by atoms with E-state index in [4.69, 9.17) is 11.6 Å². The Balaban J connectivity index is 3.88. The van der Waals surface area contributed by atoms with E-state index in [1.807, 2.05) is 0 Å². The van der Waals surface area contributed by atoms with Crippen molar-refractivity contribution < 1.29 is 24.1 Å². The van der Waals surface area contributed by atoms with E-state index in [1.54, 1.807) is 0 Å². The summed E-state index contributed by atoms with van der Waals surface area (Å²) in [6.07, 6.45) is 0. The maximum atomic E-state index is 10.9. The molecule has 0 saturated carbocycles. The molecule has 0 fully saturated rings. The van der Waals surface area contributed by atoms with Crippen LogP contribution in [0.3, 0.4) is 0 Å². The predicted octanol–water partition coefficient (Wildman–Crippen LogP) is 0.855. The van der Waals surface area contributed by atoms with Crippen LogP contribution in [-0.2, 0) is 24.1 Å². The highest BCUT2D eigenvalue weighted by molar-refractivity contribution is 6.21. The van der Waals surface area contributed by atoms with Crippen LogP contribution >= 0.6 is 11.6 Å². The number of hydrogen-bond acceptors (Lipinski definition) is 5. The van der Waals surface area contributed by atoms with Gasteiger partial charge in [0.2, 0.25) is 0 Å². The summed E-state index contributed by atoms with van der Waals surface area (Å²) in [5, 5.41) is 0. The summed E-state index contributed by atoms with van der Waals surface area (Å²) in [5.41, 5.74) is -1.05. The quantitative estimate of drug-likeness (QED) is 0.298. The standard InChI is InChI=1S/C7H11ClO5/c1-4(7(10)11-3)6(8)13-12-5(2)9/h4,6H,1-3H3. The van der Waals surface area contributed by atoms with Gasteiger partial charge in [0, 0.05) is 6.92 Å². The van der Waals surface area contributed by atoms with Crippen LogP contribution in [0, 0.1) is 5.92 Å². The van der Waals surface area contributed by atoms with E-state index in [0.29, 0.717) is 0 Å². The minimum Gasteiger partial charge on any atom is -0.469 e. The van der Waals surface area contributed by atoms with Crippen molar-refractivity contribution in [3.05, 3.63) is 0 Å². The van der Waals surface area contributed by atoms with E-state index < -0.39 is 23.4 Å². The highest BCUT2D eigenvalue weighted by Crippen LogP contribution is 2.13. The van der Waals surface area contributed by atoms with Gasteiger partial charge in [-0.1, -0.05) is 11.6 Å². The first kappa shape index (κ1) is 12.2. The summed E-state index contributed by atoms with van der Waals surface area (Å²) >= 11 is 5.55. The minimum absolute atomic E-state index is 0.535. The van der Waals surface area contributed by atoms with Gasteiger partial charge in [-0.25, -0.2) is 4.79 Å². The van der Waals surface area contributed by atoms with Gasteiger partial charge in [0.05, 0.1) is 13.0 Å². The average molecular weight is 211 g/mol. The van der Waals surface area contributed by atoms with E-state index >= 15 is 0 Å². The van der Waals surface area contributed by atoms with E-state index in [2.05, 4.69) is 14.5 Å². The first-order valence-electron chi connectivity index (χ1n) is 3.54. The number of carbonyl (C=O) groups excluding carboxylic acids is 2. The molecule has 2 unspecified atom stereocenters. The average Bonchev–Trinajstić information content (AvgIpc) is 2.11. The number of ether oxygens (including phenoxy) is 1. The predicted molar refractivity (Wildman–Crippen MR) is 43.7 cm³/mol. The number of carbonyl (C=O) groups is 2. The highest BCUT2D eigenvalue weighted by atomic mass is 35.5. The molecule has 5 nitrogen and oxygen atoms in total. The number of halogens is 1. The van der Waals surface area contributed by atoms with Gasteiger partial charge in [0.1, 0.15) is 0 Å². The molecule has 0 aliphatic carbocycles. The van der Waals surface area contributed by atoms with Crippen molar-refractivity contribution >= 4 is 23.5 Å². The van der Waals surface area contributed by atoms with Crippen LogP contribution < -0.4 is 0 Å². The molecule has 0 radical (unpaired) electrons. The van der Waals surface area contributed by atoms with Gasteiger partial charge in [0.15, 0.2) is 5.56 Å². The molecule has 0 spiro atoms. The van der Waals surface area contributed by atoms with Crippen molar-refractivity contribution in [3.63, 3.8) is 0 Å². The van der Waals surface area contributed by atoms with Crippen molar-refractivity contribution in [2.24, 2.45) is 5.92 Å². The molecule has 6 heteroatoms. The summed E-state index contributed by atoms with van der Waals surface area (Å²) in [4.78, 5) is 29.7. The van der Waals surface area contributed by atoms with Gasteiger partial charge in [-0.15, -0.1) is 0 Å². The normalized spacial score (nSPS) is 14.5. The highest BCUT2D eigenvalue weighted by Gasteiger charge is 2.25. The molecule has 0 aliphatic heterocycles.